The number of hydrogen-bond donors (Lipinski definition) is 1. The van der Waals surface area contributed by atoms with Crippen LogP contribution in [0.2, 0.25) is 0 Å². The average molecular weight is 261 g/mol. The van der Waals surface area contributed by atoms with E-state index in [-0.39, 0.29) is 5.56 Å². The van der Waals surface area contributed by atoms with Gasteiger partial charge in [-0.25, -0.2) is 8.78 Å². The van der Waals surface area contributed by atoms with Gasteiger partial charge >= 0.3 is 0 Å². The van der Waals surface area contributed by atoms with E-state index in [9.17, 15) is 13.6 Å². The van der Waals surface area contributed by atoms with Crippen LogP contribution >= 0.6 is 0 Å². The van der Waals surface area contributed by atoms with Crippen LogP contribution < -0.4 is 5.32 Å². The number of benzene rings is 2. The Bertz CT molecular complexity index is 618. The van der Waals surface area contributed by atoms with Gasteiger partial charge in [0.05, 0.1) is 0 Å². The third-order valence-corrected chi connectivity index (χ3v) is 2.89. The summed E-state index contributed by atoms with van der Waals surface area (Å²) in [5, 5.41) is 2.61. The molecule has 4 heteroatoms. The third kappa shape index (κ3) is 3.16. The normalized spacial score (nSPS) is 10.3. The molecule has 2 aromatic carbocycles. The van der Waals surface area contributed by atoms with Crippen molar-refractivity contribution in [3.05, 3.63) is 64.7 Å². The molecule has 0 atom stereocenters. The molecule has 0 aliphatic heterocycles. The second-order valence-electron chi connectivity index (χ2n) is 4.41. The van der Waals surface area contributed by atoms with Crippen LogP contribution in [-0.4, -0.2) is 5.91 Å². The standard InChI is InChI=1S/C15H13F2NO/c1-9-3-4-14(5-10(9)2)18-15(19)11-6-12(16)8-13(17)7-11/h3-8H,1-2H3,(H,18,19). The molecule has 0 bridgehead atoms. The molecule has 0 saturated carbocycles. The zero-order valence-corrected chi connectivity index (χ0v) is 10.6. The van der Waals surface area contributed by atoms with E-state index in [2.05, 4.69) is 5.32 Å². The number of hydrogen-bond acceptors (Lipinski definition) is 1. The van der Waals surface area contributed by atoms with E-state index < -0.39 is 17.5 Å². The van der Waals surface area contributed by atoms with Gasteiger partial charge in [-0.15, -0.1) is 0 Å². The van der Waals surface area contributed by atoms with Crippen LogP contribution in [0.5, 0.6) is 0 Å². The van der Waals surface area contributed by atoms with Gasteiger partial charge in [0.15, 0.2) is 0 Å². The van der Waals surface area contributed by atoms with Crippen molar-refractivity contribution in [3.63, 3.8) is 0 Å². The Kier molecular flexibility index (Phi) is 3.60. The quantitative estimate of drug-likeness (QED) is 0.874. The van der Waals surface area contributed by atoms with Gasteiger partial charge in [-0.05, 0) is 49.2 Å². The summed E-state index contributed by atoms with van der Waals surface area (Å²) in [6, 6.07) is 8.15. The molecule has 0 spiro atoms. The molecule has 0 saturated heterocycles. The van der Waals surface area contributed by atoms with E-state index in [4.69, 9.17) is 0 Å². The van der Waals surface area contributed by atoms with Crippen molar-refractivity contribution in [1.82, 2.24) is 0 Å². The predicted molar refractivity (Wildman–Crippen MR) is 70.2 cm³/mol. The number of halogens is 2. The van der Waals surface area contributed by atoms with Crippen LogP contribution in [0.4, 0.5) is 14.5 Å². The second-order valence-corrected chi connectivity index (χ2v) is 4.41. The van der Waals surface area contributed by atoms with Crippen LogP contribution in [0.15, 0.2) is 36.4 Å². The van der Waals surface area contributed by atoms with Crippen molar-refractivity contribution in [1.29, 1.82) is 0 Å². The SMILES string of the molecule is Cc1ccc(NC(=O)c2cc(F)cc(F)c2)cc1C. The number of carbonyl (C=O) groups is 1. The predicted octanol–water partition coefficient (Wildman–Crippen LogP) is 3.83. The molecule has 2 nitrogen and oxygen atoms in total. The molecule has 0 radical (unpaired) electrons. The smallest absolute Gasteiger partial charge is 0.255 e. The first kappa shape index (κ1) is 13.2. The molecule has 0 unspecified atom stereocenters. The fourth-order valence-corrected chi connectivity index (χ4v) is 1.71. The lowest BCUT2D eigenvalue weighted by atomic mass is 10.1. The van der Waals surface area contributed by atoms with Crippen LogP contribution in [0.1, 0.15) is 21.5 Å². The summed E-state index contributed by atoms with van der Waals surface area (Å²) in [5.41, 5.74) is 2.69. The molecule has 1 amide bonds. The average Bonchev–Trinajstić information content (AvgIpc) is 2.32. The van der Waals surface area contributed by atoms with E-state index >= 15 is 0 Å². The fourth-order valence-electron chi connectivity index (χ4n) is 1.71. The summed E-state index contributed by atoms with van der Waals surface area (Å²) in [6.07, 6.45) is 0. The first-order valence-corrected chi connectivity index (χ1v) is 5.80. The molecular formula is C15H13F2NO. The minimum atomic E-state index is -0.773. The number of nitrogens with one attached hydrogen (secondary N) is 1. The lowest BCUT2D eigenvalue weighted by Crippen LogP contribution is -2.12. The monoisotopic (exact) mass is 261 g/mol. The maximum atomic E-state index is 13.0. The van der Waals surface area contributed by atoms with E-state index in [0.717, 1.165) is 29.3 Å². The number of amides is 1. The summed E-state index contributed by atoms with van der Waals surface area (Å²) >= 11 is 0. The molecule has 2 aromatic rings. The first-order valence-electron chi connectivity index (χ1n) is 5.80. The third-order valence-electron chi connectivity index (χ3n) is 2.89. The van der Waals surface area contributed by atoms with Crippen LogP contribution in [0.3, 0.4) is 0 Å². The van der Waals surface area contributed by atoms with Crippen molar-refractivity contribution >= 4 is 11.6 Å². The summed E-state index contributed by atoms with van der Waals surface area (Å²) in [7, 11) is 0. The van der Waals surface area contributed by atoms with Crippen LogP contribution in [0, 0.1) is 25.5 Å². The highest BCUT2D eigenvalue weighted by atomic mass is 19.1. The van der Waals surface area contributed by atoms with Crippen molar-refractivity contribution in [2.45, 2.75) is 13.8 Å². The maximum absolute atomic E-state index is 13.0. The van der Waals surface area contributed by atoms with Gasteiger partial charge in [-0.1, -0.05) is 6.07 Å². The van der Waals surface area contributed by atoms with Gasteiger partial charge in [0, 0.05) is 17.3 Å². The van der Waals surface area contributed by atoms with Crippen LogP contribution in [-0.2, 0) is 0 Å². The van der Waals surface area contributed by atoms with Gasteiger partial charge in [0.25, 0.3) is 5.91 Å². The lowest BCUT2D eigenvalue weighted by Gasteiger charge is -2.08. The minimum absolute atomic E-state index is 0.0456. The number of anilines is 1. The highest BCUT2D eigenvalue weighted by Gasteiger charge is 2.09. The zero-order valence-electron chi connectivity index (χ0n) is 10.6. The van der Waals surface area contributed by atoms with Gasteiger partial charge in [0.1, 0.15) is 11.6 Å². The Morgan fingerprint density at radius 2 is 1.58 bits per heavy atom. The van der Waals surface area contributed by atoms with Gasteiger partial charge in [-0.2, -0.15) is 0 Å². The molecule has 0 fully saturated rings. The molecule has 0 aliphatic rings. The second kappa shape index (κ2) is 5.18. The molecule has 0 aliphatic carbocycles. The lowest BCUT2D eigenvalue weighted by molar-refractivity contribution is 0.102. The first-order chi connectivity index (χ1) is 8.95. The highest BCUT2D eigenvalue weighted by Crippen LogP contribution is 2.16. The van der Waals surface area contributed by atoms with E-state index in [1.54, 1.807) is 6.07 Å². The largest absolute Gasteiger partial charge is 0.322 e. The molecule has 19 heavy (non-hydrogen) atoms. The topological polar surface area (TPSA) is 29.1 Å². The van der Waals surface area contributed by atoms with Crippen LogP contribution in [0.25, 0.3) is 0 Å². The van der Waals surface area contributed by atoms with E-state index in [0.29, 0.717) is 5.69 Å². The Labute approximate surface area is 110 Å². The summed E-state index contributed by atoms with van der Waals surface area (Å²) in [4.78, 5) is 11.9. The Hall–Kier alpha value is -2.23. The Morgan fingerprint density at radius 3 is 2.16 bits per heavy atom. The van der Waals surface area contributed by atoms with Crippen molar-refractivity contribution in [2.24, 2.45) is 0 Å². The summed E-state index contributed by atoms with van der Waals surface area (Å²) in [5.74, 6) is -2.09. The molecule has 1 N–H and O–H groups in total. The molecular weight excluding hydrogens is 248 g/mol. The van der Waals surface area contributed by atoms with E-state index in [1.165, 1.54) is 0 Å². The Morgan fingerprint density at radius 1 is 0.947 bits per heavy atom. The van der Waals surface area contributed by atoms with Crippen molar-refractivity contribution in [2.75, 3.05) is 5.32 Å². The molecule has 98 valence electrons. The van der Waals surface area contributed by atoms with Gasteiger partial charge in [-0.3, -0.25) is 4.79 Å². The van der Waals surface area contributed by atoms with Crippen molar-refractivity contribution in [3.8, 4) is 0 Å². The minimum Gasteiger partial charge on any atom is -0.322 e. The number of carbonyl (C=O) groups excluding carboxylic acids is 1. The maximum Gasteiger partial charge on any atom is 0.255 e. The Balaban J connectivity index is 2.22. The summed E-state index contributed by atoms with van der Waals surface area (Å²) < 4.78 is 26.0. The molecule has 2 rings (SSSR count). The number of aryl methyl sites for hydroxylation is 2. The zero-order chi connectivity index (χ0) is 14.0. The van der Waals surface area contributed by atoms with Crippen molar-refractivity contribution < 1.29 is 13.6 Å². The summed E-state index contributed by atoms with van der Waals surface area (Å²) in [6.45, 7) is 3.88. The molecule has 0 heterocycles. The number of rotatable bonds is 2. The van der Waals surface area contributed by atoms with E-state index in [1.807, 2.05) is 26.0 Å². The molecule has 0 aromatic heterocycles. The van der Waals surface area contributed by atoms with Gasteiger partial charge in [0.2, 0.25) is 0 Å². The van der Waals surface area contributed by atoms with Gasteiger partial charge < -0.3 is 5.32 Å². The highest BCUT2D eigenvalue weighted by molar-refractivity contribution is 6.04. The fraction of sp³-hybridized carbons (Fsp3) is 0.133.